The molecule has 0 atom stereocenters. The van der Waals surface area contributed by atoms with Crippen LogP contribution in [0.5, 0.6) is 0 Å². The zero-order chi connectivity index (χ0) is 5.82. The third-order valence-electron chi connectivity index (χ3n) is 0.794. The van der Waals surface area contributed by atoms with Crippen LogP contribution < -0.4 is 5.16 Å². The Balaban J connectivity index is 2.34. The number of nitrogens with zero attached hydrogens (tertiary/aromatic N) is 1. The third kappa shape index (κ3) is 1.07. The third-order valence-corrected chi connectivity index (χ3v) is 0.794. The summed E-state index contributed by atoms with van der Waals surface area (Å²) < 4.78 is 4.79. The van der Waals surface area contributed by atoms with Gasteiger partial charge >= 0.3 is 6.21 Å². The Labute approximate surface area is 47.6 Å². The highest BCUT2D eigenvalue weighted by Crippen LogP contribution is 1.93. The number of ether oxygens (including phenoxy) is 1. The second-order valence-electron chi connectivity index (χ2n) is 1.47. The molecule has 0 bridgehead atoms. The summed E-state index contributed by atoms with van der Waals surface area (Å²) >= 11 is 0. The monoisotopic (exact) mass is 113 g/mol. The lowest BCUT2D eigenvalue weighted by atomic mass is 10.4. The molecule has 0 aromatic rings. The van der Waals surface area contributed by atoms with Gasteiger partial charge in [0.05, 0.1) is 12.2 Å². The van der Waals surface area contributed by atoms with Crippen molar-refractivity contribution < 1.29 is 9.57 Å². The van der Waals surface area contributed by atoms with E-state index in [2.05, 4.69) is 9.99 Å². The van der Waals surface area contributed by atoms with Crippen molar-refractivity contribution in [2.45, 2.75) is 0 Å². The minimum absolute atomic E-state index is 0.573. The molecule has 1 radical (unpaired) electrons. The van der Waals surface area contributed by atoms with E-state index < -0.39 is 0 Å². The second kappa shape index (κ2) is 2.47. The van der Waals surface area contributed by atoms with Crippen LogP contribution in [0.4, 0.5) is 0 Å². The molecule has 0 aromatic heterocycles. The average molecular weight is 113 g/mol. The minimum Gasteiger partial charge on any atom is -0.380 e. The zero-order valence-corrected chi connectivity index (χ0v) is 4.63. The summed E-state index contributed by atoms with van der Waals surface area (Å²) in [4.78, 5) is 4.54. The van der Waals surface area contributed by atoms with Crippen LogP contribution >= 0.6 is 0 Å². The van der Waals surface area contributed by atoms with Crippen LogP contribution in [-0.2, 0) is 9.57 Å². The van der Waals surface area contributed by atoms with Gasteiger partial charge in [0.1, 0.15) is 0 Å². The SMILES string of the molecule is COCC1=CO[N+]=C1. The molecule has 3 nitrogen and oxygen atoms in total. The molecule has 0 N–H and O–H groups in total. The summed E-state index contributed by atoms with van der Waals surface area (Å²) in [6.45, 7) is 0.573. The summed E-state index contributed by atoms with van der Waals surface area (Å²) in [7, 11) is 1.63. The molecule has 0 amide bonds. The number of oxime groups is 1. The van der Waals surface area contributed by atoms with Crippen molar-refractivity contribution in [2.75, 3.05) is 13.7 Å². The summed E-state index contributed by atoms with van der Waals surface area (Å²) in [5.41, 5.74) is 0.965. The van der Waals surface area contributed by atoms with Gasteiger partial charge in [-0.05, 0) is 0 Å². The lowest BCUT2D eigenvalue weighted by molar-refractivity contribution is 0.211. The molecular formula is C5H7NO2+. The van der Waals surface area contributed by atoms with Crippen molar-refractivity contribution in [1.29, 1.82) is 0 Å². The van der Waals surface area contributed by atoms with Crippen molar-refractivity contribution >= 4 is 6.21 Å². The second-order valence-corrected chi connectivity index (χ2v) is 1.47. The van der Waals surface area contributed by atoms with Gasteiger partial charge in [0.25, 0.3) is 5.16 Å². The van der Waals surface area contributed by atoms with E-state index in [1.807, 2.05) is 0 Å². The van der Waals surface area contributed by atoms with Gasteiger partial charge in [0.2, 0.25) is 0 Å². The molecule has 1 aliphatic heterocycles. The van der Waals surface area contributed by atoms with Crippen LogP contribution in [0.3, 0.4) is 0 Å². The van der Waals surface area contributed by atoms with Crippen LogP contribution in [0.15, 0.2) is 11.8 Å². The van der Waals surface area contributed by atoms with Crippen LogP contribution in [0.1, 0.15) is 0 Å². The number of hydrogen-bond donors (Lipinski definition) is 0. The molecule has 8 heavy (non-hydrogen) atoms. The van der Waals surface area contributed by atoms with Gasteiger partial charge in [-0.2, -0.15) is 4.84 Å². The molecule has 43 valence electrons. The average Bonchev–Trinajstić information content (AvgIpc) is 2.19. The first-order valence-electron chi connectivity index (χ1n) is 2.30. The molecule has 1 heterocycles. The Bertz CT molecular complexity index is 128. The summed E-state index contributed by atoms with van der Waals surface area (Å²) in [6, 6.07) is 0. The van der Waals surface area contributed by atoms with E-state index in [1.54, 1.807) is 19.6 Å². The Morgan fingerprint density at radius 3 is 3.25 bits per heavy atom. The van der Waals surface area contributed by atoms with Gasteiger partial charge in [-0.25, -0.2) is 0 Å². The Morgan fingerprint density at radius 1 is 1.88 bits per heavy atom. The maximum absolute atomic E-state index is 4.79. The van der Waals surface area contributed by atoms with Crippen LogP contribution in [-0.4, -0.2) is 19.9 Å². The summed E-state index contributed by atoms with van der Waals surface area (Å²) in [5, 5.41) is 3.49. The van der Waals surface area contributed by atoms with E-state index in [1.165, 1.54) is 0 Å². The summed E-state index contributed by atoms with van der Waals surface area (Å²) in [5.74, 6) is 0. The fourth-order valence-electron chi connectivity index (χ4n) is 0.465. The number of methoxy groups -OCH3 is 1. The molecule has 0 unspecified atom stereocenters. The molecule has 0 saturated heterocycles. The molecular weight excluding hydrogens is 106 g/mol. The van der Waals surface area contributed by atoms with E-state index in [-0.39, 0.29) is 0 Å². The topological polar surface area (TPSA) is 32.6 Å². The smallest absolute Gasteiger partial charge is 0.311 e. The van der Waals surface area contributed by atoms with Crippen molar-refractivity contribution in [3.63, 3.8) is 0 Å². The first-order chi connectivity index (χ1) is 3.93. The Kier molecular flexibility index (Phi) is 1.64. The van der Waals surface area contributed by atoms with E-state index in [9.17, 15) is 0 Å². The highest BCUT2D eigenvalue weighted by Gasteiger charge is 2.09. The van der Waals surface area contributed by atoms with Gasteiger partial charge in [-0.1, -0.05) is 0 Å². The fourth-order valence-corrected chi connectivity index (χ4v) is 0.465. The highest BCUT2D eigenvalue weighted by molar-refractivity contribution is 5.78. The lowest BCUT2D eigenvalue weighted by Gasteiger charge is -1.85. The molecule has 0 aliphatic carbocycles. The Hall–Kier alpha value is -0.830. The molecule has 0 spiro atoms. The van der Waals surface area contributed by atoms with Crippen LogP contribution in [0.2, 0.25) is 0 Å². The van der Waals surface area contributed by atoms with E-state index in [0.29, 0.717) is 6.61 Å². The Morgan fingerprint density at radius 2 is 2.75 bits per heavy atom. The van der Waals surface area contributed by atoms with Crippen molar-refractivity contribution in [3.8, 4) is 0 Å². The van der Waals surface area contributed by atoms with Gasteiger partial charge in [0.15, 0.2) is 6.26 Å². The van der Waals surface area contributed by atoms with Crippen molar-refractivity contribution in [1.82, 2.24) is 5.16 Å². The van der Waals surface area contributed by atoms with E-state index >= 15 is 0 Å². The molecule has 1 aliphatic rings. The number of hydrogen-bond acceptors (Lipinski definition) is 3. The normalized spacial score (nSPS) is 15.9. The molecule has 0 saturated carbocycles. The molecule has 3 heteroatoms. The van der Waals surface area contributed by atoms with Gasteiger partial charge in [0, 0.05) is 7.11 Å². The fraction of sp³-hybridized carbons (Fsp3) is 0.400. The maximum Gasteiger partial charge on any atom is 0.311 e. The molecule has 0 fully saturated rings. The minimum atomic E-state index is 0.573. The quantitative estimate of drug-likeness (QED) is 0.499. The molecule has 0 aromatic carbocycles. The highest BCUT2D eigenvalue weighted by atomic mass is 16.6. The summed E-state index contributed by atoms with van der Waals surface area (Å²) in [6.07, 6.45) is 3.19. The molecule has 1 rings (SSSR count). The predicted octanol–water partition coefficient (Wildman–Crippen LogP) is -0.131. The van der Waals surface area contributed by atoms with E-state index in [4.69, 9.17) is 4.74 Å². The largest absolute Gasteiger partial charge is 0.380 e. The first-order valence-corrected chi connectivity index (χ1v) is 2.30. The van der Waals surface area contributed by atoms with Crippen LogP contribution in [0, 0.1) is 0 Å². The lowest BCUT2D eigenvalue weighted by Crippen LogP contribution is -1.92. The van der Waals surface area contributed by atoms with Crippen LogP contribution in [0.25, 0.3) is 0 Å². The number of rotatable bonds is 2. The van der Waals surface area contributed by atoms with Gasteiger partial charge in [-0.3, -0.25) is 0 Å². The van der Waals surface area contributed by atoms with E-state index in [0.717, 1.165) is 5.57 Å². The predicted molar refractivity (Wildman–Crippen MR) is 29.2 cm³/mol. The van der Waals surface area contributed by atoms with Gasteiger partial charge < -0.3 is 4.74 Å². The standard InChI is InChI=1S/C5H7NO2/c1-7-3-5-2-6-8-4-5/h2,4H,3H2,1H3/q+1. The first kappa shape index (κ1) is 5.31. The van der Waals surface area contributed by atoms with Crippen molar-refractivity contribution in [3.05, 3.63) is 11.8 Å². The van der Waals surface area contributed by atoms with Crippen molar-refractivity contribution in [2.24, 2.45) is 0 Å². The maximum atomic E-state index is 4.79. The van der Waals surface area contributed by atoms with Gasteiger partial charge in [-0.15, -0.1) is 0 Å². The zero-order valence-electron chi connectivity index (χ0n) is 4.63.